The van der Waals surface area contributed by atoms with E-state index in [4.69, 9.17) is 5.73 Å². The topological polar surface area (TPSA) is 26.0 Å². The molecule has 1 heteroatoms. The molecule has 1 aliphatic rings. The summed E-state index contributed by atoms with van der Waals surface area (Å²) in [5, 5.41) is 0. The highest BCUT2D eigenvalue weighted by Gasteiger charge is 2.30. The van der Waals surface area contributed by atoms with E-state index >= 15 is 0 Å². The highest BCUT2D eigenvalue weighted by atomic mass is 14.5. The van der Waals surface area contributed by atoms with Gasteiger partial charge in [-0.3, -0.25) is 0 Å². The van der Waals surface area contributed by atoms with Gasteiger partial charge in [0.2, 0.25) is 0 Å². The summed E-state index contributed by atoms with van der Waals surface area (Å²) in [4.78, 5) is 0. The standard InChI is InChI=1S/C20H31N/c1-16(8-6-9-17(2)13-15-21)11-12-19-18(3)10-7-14-20(19,4)5/h6,8-9,11-13,15,18H,7,10,14,21H2,1-5H3/b8-6+,15-13+,16-11+,17-9+,19-12+. The van der Waals surface area contributed by atoms with Crippen LogP contribution in [0.3, 0.4) is 0 Å². The minimum absolute atomic E-state index is 0.348. The SMILES string of the molecule is CC(/C=C/N)=C\C=C\C(C)=C\C=C1/C(C)CCCC1(C)C. The third kappa shape index (κ3) is 5.79. The molecule has 1 aliphatic carbocycles. The molecule has 1 saturated carbocycles. The van der Waals surface area contributed by atoms with Gasteiger partial charge in [-0.05, 0) is 55.9 Å². The van der Waals surface area contributed by atoms with Gasteiger partial charge in [0.25, 0.3) is 0 Å². The van der Waals surface area contributed by atoms with E-state index in [1.165, 1.54) is 24.8 Å². The van der Waals surface area contributed by atoms with E-state index in [1.807, 2.05) is 13.0 Å². The summed E-state index contributed by atoms with van der Waals surface area (Å²) in [6.45, 7) is 11.3. The van der Waals surface area contributed by atoms with Crippen LogP contribution in [0.4, 0.5) is 0 Å². The van der Waals surface area contributed by atoms with Crippen molar-refractivity contribution in [2.45, 2.75) is 53.9 Å². The molecule has 1 atom stereocenters. The Morgan fingerprint density at radius 1 is 1.14 bits per heavy atom. The summed E-state index contributed by atoms with van der Waals surface area (Å²) >= 11 is 0. The molecule has 0 aromatic heterocycles. The smallest absolute Gasteiger partial charge is 0.00597 e. The minimum atomic E-state index is 0.348. The van der Waals surface area contributed by atoms with Crippen LogP contribution >= 0.6 is 0 Å². The molecule has 1 fully saturated rings. The van der Waals surface area contributed by atoms with Gasteiger partial charge in [0.1, 0.15) is 0 Å². The van der Waals surface area contributed by atoms with E-state index < -0.39 is 0 Å². The Morgan fingerprint density at radius 2 is 1.81 bits per heavy atom. The van der Waals surface area contributed by atoms with Gasteiger partial charge in [-0.15, -0.1) is 0 Å². The number of hydrogen-bond donors (Lipinski definition) is 1. The van der Waals surface area contributed by atoms with Crippen LogP contribution in [-0.4, -0.2) is 0 Å². The highest BCUT2D eigenvalue weighted by molar-refractivity contribution is 5.31. The molecular weight excluding hydrogens is 254 g/mol. The van der Waals surface area contributed by atoms with Crippen molar-refractivity contribution in [3.8, 4) is 0 Å². The van der Waals surface area contributed by atoms with Crippen molar-refractivity contribution < 1.29 is 0 Å². The van der Waals surface area contributed by atoms with E-state index in [-0.39, 0.29) is 0 Å². The van der Waals surface area contributed by atoms with Gasteiger partial charge < -0.3 is 5.73 Å². The molecule has 0 spiro atoms. The summed E-state index contributed by atoms with van der Waals surface area (Å²) in [7, 11) is 0. The molecular formula is C20H31N. The average molecular weight is 285 g/mol. The fraction of sp³-hybridized carbons (Fsp3) is 0.500. The molecule has 0 amide bonds. The Kier molecular flexibility index (Phi) is 6.74. The zero-order valence-corrected chi connectivity index (χ0v) is 14.3. The average Bonchev–Trinajstić information content (AvgIpc) is 2.37. The summed E-state index contributed by atoms with van der Waals surface area (Å²) in [5.74, 6) is 0.707. The van der Waals surface area contributed by atoms with Gasteiger partial charge >= 0.3 is 0 Å². The molecule has 0 bridgehead atoms. The third-order valence-corrected chi connectivity index (χ3v) is 4.35. The van der Waals surface area contributed by atoms with Gasteiger partial charge in [-0.2, -0.15) is 0 Å². The van der Waals surface area contributed by atoms with Gasteiger partial charge in [0.15, 0.2) is 0 Å². The number of nitrogens with two attached hydrogens (primary N) is 1. The summed E-state index contributed by atoms with van der Waals surface area (Å²) in [5.41, 5.74) is 9.74. The largest absolute Gasteiger partial charge is 0.405 e. The summed E-state index contributed by atoms with van der Waals surface area (Å²) in [6, 6.07) is 0. The lowest BCUT2D eigenvalue weighted by Gasteiger charge is -2.37. The zero-order chi connectivity index (χ0) is 15.9. The van der Waals surface area contributed by atoms with Crippen LogP contribution in [0, 0.1) is 11.3 Å². The summed E-state index contributed by atoms with van der Waals surface area (Å²) < 4.78 is 0. The molecule has 2 N–H and O–H groups in total. The van der Waals surface area contributed by atoms with Crippen LogP contribution in [0.2, 0.25) is 0 Å². The van der Waals surface area contributed by atoms with E-state index in [2.05, 4.69) is 58.1 Å². The Labute approximate surface area is 131 Å². The first-order valence-corrected chi connectivity index (χ1v) is 7.99. The molecule has 1 nitrogen and oxygen atoms in total. The van der Waals surface area contributed by atoms with Crippen molar-refractivity contribution in [2.24, 2.45) is 17.1 Å². The zero-order valence-electron chi connectivity index (χ0n) is 14.3. The Hall–Kier alpha value is -1.50. The highest BCUT2D eigenvalue weighted by Crippen LogP contribution is 2.43. The maximum absolute atomic E-state index is 5.37. The van der Waals surface area contributed by atoms with Crippen molar-refractivity contribution >= 4 is 0 Å². The molecule has 0 aromatic carbocycles. The number of rotatable bonds is 4. The first-order chi connectivity index (χ1) is 9.86. The monoisotopic (exact) mass is 285 g/mol. The fourth-order valence-electron chi connectivity index (χ4n) is 3.04. The minimum Gasteiger partial charge on any atom is -0.405 e. The first-order valence-electron chi connectivity index (χ1n) is 7.99. The maximum atomic E-state index is 5.37. The van der Waals surface area contributed by atoms with Crippen molar-refractivity contribution in [3.63, 3.8) is 0 Å². The second-order valence-electron chi connectivity index (χ2n) is 6.84. The van der Waals surface area contributed by atoms with Gasteiger partial charge in [0.05, 0.1) is 0 Å². The van der Waals surface area contributed by atoms with Crippen LogP contribution in [-0.2, 0) is 0 Å². The maximum Gasteiger partial charge on any atom is -0.00597 e. The third-order valence-electron chi connectivity index (χ3n) is 4.35. The van der Waals surface area contributed by atoms with Crippen LogP contribution in [0.5, 0.6) is 0 Å². The Balaban J connectivity index is 2.80. The van der Waals surface area contributed by atoms with Gasteiger partial charge in [-0.25, -0.2) is 0 Å². The number of hydrogen-bond acceptors (Lipinski definition) is 1. The molecule has 0 aliphatic heterocycles. The van der Waals surface area contributed by atoms with Crippen molar-refractivity contribution in [2.75, 3.05) is 0 Å². The van der Waals surface area contributed by atoms with E-state index in [9.17, 15) is 0 Å². The first kappa shape index (κ1) is 17.6. The normalized spacial score (nSPS) is 26.1. The predicted molar refractivity (Wildman–Crippen MR) is 94.9 cm³/mol. The van der Waals surface area contributed by atoms with Crippen LogP contribution in [0.15, 0.2) is 59.4 Å². The van der Waals surface area contributed by atoms with Crippen molar-refractivity contribution in [1.29, 1.82) is 0 Å². The lowest BCUT2D eigenvalue weighted by molar-refractivity contribution is 0.290. The second-order valence-corrected chi connectivity index (χ2v) is 6.84. The van der Waals surface area contributed by atoms with E-state index in [0.29, 0.717) is 11.3 Å². The fourth-order valence-corrected chi connectivity index (χ4v) is 3.04. The molecule has 116 valence electrons. The Bertz CT molecular complexity index is 484. The van der Waals surface area contributed by atoms with Crippen LogP contribution < -0.4 is 5.73 Å². The molecule has 0 heterocycles. The lowest BCUT2D eigenvalue weighted by Crippen LogP contribution is -2.24. The molecule has 21 heavy (non-hydrogen) atoms. The van der Waals surface area contributed by atoms with Gasteiger partial charge in [-0.1, -0.05) is 68.7 Å². The molecule has 0 radical (unpaired) electrons. The predicted octanol–water partition coefficient (Wildman–Crippen LogP) is 5.68. The molecule has 1 unspecified atom stereocenters. The lowest BCUT2D eigenvalue weighted by atomic mass is 9.68. The van der Waals surface area contributed by atoms with Crippen LogP contribution in [0.1, 0.15) is 53.9 Å². The van der Waals surface area contributed by atoms with Crippen molar-refractivity contribution in [3.05, 3.63) is 59.4 Å². The molecule has 0 aromatic rings. The quantitative estimate of drug-likeness (QED) is 0.661. The van der Waals surface area contributed by atoms with E-state index in [0.717, 1.165) is 5.57 Å². The number of allylic oxidation sites excluding steroid dienone is 9. The second kappa shape index (κ2) is 8.07. The van der Waals surface area contributed by atoms with E-state index in [1.54, 1.807) is 11.8 Å². The van der Waals surface area contributed by atoms with Crippen LogP contribution in [0.25, 0.3) is 0 Å². The molecule has 1 rings (SSSR count). The van der Waals surface area contributed by atoms with Crippen molar-refractivity contribution in [1.82, 2.24) is 0 Å². The Morgan fingerprint density at radius 3 is 2.43 bits per heavy atom. The molecule has 0 saturated heterocycles. The summed E-state index contributed by atoms with van der Waals surface area (Å²) in [6.07, 6.45) is 18.3. The van der Waals surface area contributed by atoms with Gasteiger partial charge in [0, 0.05) is 0 Å².